The summed E-state index contributed by atoms with van der Waals surface area (Å²) in [6.07, 6.45) is 0. The minimum atomic E-state index is -0.804. The molecule has 0 aliphatic carbocycles. The summed E-state index contributed by atoms with van der Waals surface area (Å²) in [6, 6.07) is 21.6. The molecule has 2 aromatic heterocycles. The second-order valence-electron chi connectivity index (χ2n) is 8.98. The maximum Gasteiger partial charge on any atom is 0.246 e. The Bertz CT molecular complexity index is 1650. The van der Waals surface area contributed by atoms with Gasteiger partial charge in [-0.05, 0) is 31.2 Å². The van der Waals surface area contributed by atoms with Crippen LogP contribution in [0, 0.1) is 0 Å². The number of hydrogen-bond donors (Lipinski definition) is 1. The number of aromatic nitrogens is 4. The number of fused-ring (bicyclic) bond motifs is 2. The summed E-state index contributed by atoms with van der Waals surface area (Å²) in [5.41, 5.74) is 3.79. The Hall–Kier alpha value is -4.77. The van der Waals surface area contributed by atoms with E-state index in [1.165, 1.54) is 16.2 Å². The summed E-state index contributed by atoms with van der Waals surface area (Å²) in [4.78, 5) is 33.3. The number of thiazole rings is 1. The smallest absolute Gasteiger partial charge is 0.246 e. The van der Waals surface area contributed by atoms with Crippen LogP contribution in [0.15, 0.2) is 78.2 Å². The molecule has 6 rings (SSSR count). The molecule has 1 N–H and O–H groups in total. The maximum absolute atomic E-state index is 13.7. The van der Waals surface area contributed by atoms with Crippen molar-refractivity contribution in [2.24, 2.45) is 0 Å². The lowest BCUT2D eigenvalue weighted by molar-refractivity contribution is -0.139. The van der Waals surface area contributed by atoms with Gasteiger partial charge >= 0.3 is 0 Å². The normalized spacial score (nSPS) is 12.8. The number of benzene rings is 3. The molecular weight excluding hydrogens is 516 g/mol. The zero-order valence-electron chi connectivity index (χ0n) is 21.0. The van der Waals surface area contributed by atoms with Crippen LogP contribution in [0.1, 0.15) is 11.9 Å². The van der Waals surface area contributed by atoms with Gasteiger partial charge in [0.2, 0.25) is 18.6 Å². The van der Waals surface area contributed by atoms with E-state index in [-0.39, 0.29) is 31.7 Å². The highest BCUT2D eigenvalue weighted by molar-refractivity contribution is 7.09. The predicted octanol–water partition coefficient (Wildman–Crippen LogP) is 4.34. The summed E-state index contributed by atoms with van der Waals surface area (Å²) < 4.78 is 12.3. The molecule has 0 bridgehead atoms. The van der Waals surface area contributed by atoms with Gasteiger partial charge in [-0.1, -0.05) is 47.7 Å². The fourth-order valence-electron chi connectivity index (χ4n) is 4.33. The van der Waals surface area contributed by atoms with E-state index in [0.717, 1.165) is 16.8 Å². The molecule has 5 aromatic rings. The maximum atomic E-state index is 13.7. The standard InChI is InChI=1S/C28H24N6O4S/c1-18(28(36)29-20-11-12-24-25(13-20)38-17-37-24)33(14-26-30-22(16-39-26)19-7-3-2-4-8-19)27(35)15-34-23-10-6-5-9-21(23)31-32-34/h2-13,16,18H,14-15,17H2,1H3,(H,29,36)/t18-/m1/s1. The van der Waals surface area contributed by atoms with Crippen molar-refractivity contribution >= 4 is 39.9 Å². The van der Waals surface area contributed by atoms with Gasteiger partial charge in [0.25, 0.3) is 0 Å². The zero-order chi connectivity index (χ0) is 26.8. The molecule has 1 aliphatic rings. The van der Waals surface area contributed by atoms with Crippen LogP contribution in [-0.2, 0) is 22.7 Å². The first-order valence-electron chi connectivity index (χ1n) is 12.3. The summed E-state index contributed by atoms with van der Waals surface area (Å²) in [5.74, 6) is 0.555. The number of para-hydroxylation sites is 1. The van der Waals surface area contributed by atoms with Gasteiger partial charge in [0, 0.05) is 22.7 Å². The number of nitrogens with zero attached hydrogens (tertiary/aromatic N) is 5. The monoisotopic (exact) mass is 540 g/mol. The average Bonchev–Trinajstić information content (AvgIpc) is 3.72. The topological polar surface area (TPSA) is 111 Å². The number of ether oxygens (including phenoxy) is 2. The van der Waals surface area contributed by atoms with Gasteiger partial charge in [0.1, 0.15) is 23.1 Å². The Morgan fingerprint density at radius 2 is 1.85 bits per heavy atom. The van der Waals surface area contributed by atoms with Crippen LogP contribution in [-0.4, -0.2) is 49.5 Å². The number of anilines is 1. The molecule has 1 atom stereocenters. The molecule has 0 saturated heterocycles. The number of rotatable bonds is 8. The minimum Gasteiger partial charge on any atom is -0.454 e. The lowest BCUT2D eigenvalue weighted by Gasteiger charge is -2.28. The highest BCUT2D eigenvalue weighted by atomic mass is 32.1. The fraction of sp³-hybridized carbons (Fsp3) is 0.179. The van der Waals surface area contributed by atoms with Crippen LogP contribution >= 0.6 is 11.3 Å². The molecule has 39 heavy (non-hydrogen) atoms. The highest BCUT2D eigenvalue weighted by Crippen LogP contribution is 2.34. The molecule has 0 fully saturated rings. The van der Waals surface area contributed by atoms with Crippen LogP contribution in [0.5, 0.6) is 11.5 Å². The van der Waals surface area contributed by atoms with Gasteiger partial charge < -0.3 is 19.7 Å². The van der Waals surface area contributed by atoms with Gasteiger partial charge in [0.05, 0.1) is 17.8 Å². The second-order valence-corrected chi connectivity index (χ2v) is 9.93. The van der Waals surface area contributed by atoms with Crippen molar-refractivity contribution in [2.75, 3.05) is 12.1 Å². The Labute approximate surface area is 227 Å². The number of amides is 2. The summed E-state index contributed by atoms with van der Waals surface area (Å²) in [7, 11) is 0. The molecule has 0 radical (unpaired) electrons. The van der Waals surface area contributed by atoms with Crippen molar-refractivity contribution in [3.05, 3.63) is 83.2 Å². The molecule has 10 nitrogen and oxygen atoms in total. The Balaban J connectivity index is 1.25. The predicted molar refractivity (Wildman–Crippen MR) is 146 cm³/mol. The third-order valence-corrected chi connectivity index (χ3v) is 7.27. The Kier molecular flexibility index (Phi) is 6.64. The molecule has 196 valence electrons. The van der Waals surface area contributed by atoms with Gasteiger partial charge in [-0.3, -0.25) is 9.59 Å². The molecular formula is C28H24N6O4S. The van der Waals surface area contributed by atoms with Gasteiger partial charge in [0.15, 0.2) is 11.5 Å². The largest absolute Gasteiger partial charge is 0.454 e. The molecule has 3 aromatic carbocycles. The average molecular weight is 541 g/mol. The molecule has 3 heterocycles. The number of nitrogens with one attached hydrogen (secondary N) is 1. The molecule has 0 saturated carbocycles. The molecule has 0 spiro atoms. The fourth-order valence-corrected chi connectivity index (χ4v) is 5.13. The lowest BCUT2D eigenvalue weighted by Crippen LogP contribution is -2.46. The third kappa shape index (κ3) is 5.16. The van der Waals surface area contributed by atoms with Gasteiger partial charge in [-0.2, -0.15) is 0 Å². The van der Waals surface area contributed by atoms with Crippen LogP contribution in [0.3, 0.4) is 0 Å². The van der Waals surface area contributed by atoms with E-state index >= 15 is 0 Å². The van der Waals surface area contributed by atoms with Crippen molar-refractivity contribution in [1.29, 1.82) is 0 Å². The first kappa shape index (κ1) is 24.6. The van der Waals surface area contributed by atoms with Crippen molar-refractivity contribution in [3.8, 4) is 22.8 Å². The SMILES string of the molecule is C[C@H](C(=O)Nc1ccc2c(c1)OCO2)N(Cc1nc(-c2ccccc2)cs1)C(=O)Cn1nnc2ccccc21. The number of carbonyl (C=O) groups is 2. The molecule has 2 amide bonds. The van der Waals surface area contributed by atoms with Crippen LogP contribution in [0.25, 0.3) is 22.3 Å². The first-order chi connectivity index (χ1) is 19.0. The molecule has 0 unspecified atom stereocenters. The zero-order valence-corrected chi connectivity index (χ0v) is 21.8. The van der Waals surface area contributed by atoms with E-state index in [1.54, 1.807) is 29.8 Å². The summed E-state index contributed by atoms with van der Waals surface area (Å²) in [6.45, 7) is 1.93. The van der Waals surface area contributed by atoms with Gasteiger partial charge in [-0.25, -0.2) is 9.67 Å². The van der Waals surface area contributed by atoms with E-state index < -0.39 is 6.04 Å². The summed E-state index contributed by atoms with van der Waals surface area (Å²) in [5, 5.41) is 13.9. The van der Waals surface area contributed by atoms with E-state index in [9.17, 15) is 9.59 Å². The number of carbonyl (C=O) groups excluding carboxylic acids is 2. The molecule has 1 aliphatic heterocycles. The first-order valence-corrected chi connectivity index (χ1v) is 13.2. The van der Waals surface area contributed by atoms with E-state index in [2.05, 4.69) is 15.6 Å². The van der Waals surface area contributed by atoms with Crippen molar-refractivity contribution in [3.63, 3.8) is 0 Å². The minimum absolute atomic E-state index is 0.0704. The van der Waals surface area contributed by atoms with Crippen molar-refractivity contribution in [1.82, 2.24) is 24.9 Å². The Morgan fingerprint density at radius 1 is 1.05 bits per heavy atom. The molecule has 11 heteroatoms. The Morgan fingerprint density at radius 3 is 2.72 bits per heavy atom. The highest BCUT2D eigenvalue weighted by Gasteiger charge is 2.28. The number of hydrogen-bond acceptors (Lipinski definition) is 8. The van der Waals surface area contributed by atoms with E-state index in [0.29, 0.717) is 27.7 Å². The van der Waals surface area contributed by atoms with Crippen molar-refractivity contribution < 1.29 is 19.1 Å². The van der Waals surface area contributed by atoms with Gasteiger partial charge in [-0.15, -0.1) is 16.4 Å². The van der Waals surface area contributed by atoms with Crippen LogP contribution in [0.4, 0.5) is 5.69 Å². The quantitative estimate of drug-likeness (QED) is 0.312. The second kappa shape index (κ2) is 10.5. The van der Waals surface area contributed by atoms with E-state index in [1.807, 2.05) is 60.0 Å². The van der Waals surface area contributed by atoms with E-state index in [4.69, 9.17) is 14.5 Å². The van der Waals surface area contributed by atoms with Crippen molar-refractivity contribution in [2.45, 2.75) is 26.1 Å². The van der Waals surface area contributed by atoms with Crippen LogP contribution in [0.2, 0.25) is 0 Å². The lowest BCUT2D eigenvalue weighted by atomic mass is 10.2. The third-order valence-electron chi connectivity index (χ3n) is 6.44. The van der Waals surface area contributed by atoms with Crippen LogP contribution < -0.4 is 14.8 Å². The summed E-state index contributed by atoms with van der Waals surface area (Å²) >= 11 is 1.45.